The van der Waals surface area contributed by atoms with Crippen molar-refractivity contribution in [2.24, 2.45) is 10.8 Å². The Hall–Kier alpha value is 0. The van der Waals surface area contributed by atoms with Crippen LogP contribution in [0.15, 0.2) is 0 Å². The van der Waals surface area contributed by atoms with Gasteiger partial charge in [-0.3, -0.25) is 0 Å². The Morgan fingerprint density at radius 3 is 1.58 bits per heavy atom. The Morgan fingerprint density at radius 1 is 0.917 bits per heavy atom. The van der Waals surface area contributed by atoms with Gasteiger partial charge in [-0.15, -0.1) is 0 Å². The highest BCUT2D eigenvalue weighted by molar-refractivity contribution is 4.98. The summed E-state index contributed by atoms with van der Waals surface area (Å²) >= 11 is 0. The van der Waals surface area contributed by atoms with Crippen molar-refractivity contribution >= 4 is 0 Å². The molecule has 0 nitrogen and oxygen atoms in total. The molecule has 0 atom stereocenters. The van der Waals surface area contributed by atoms with Crippen LogP contribution in [0.4, 0.5) is 0 Å². The van der Waals surface area contributed by atoms with E-state index < -0.39 is 0 Å². The summed E-state index contributed by atoms with van der Waals surface area (Å²) in [6.45, 7) is 9.47. The molecule has 0 N–H and O–H groups in total. The first kappa shape index (κ1) is 10.1. The van der Waals surface area contributed by atoms with E-state index in [9.17, 15) is 0 Å². The van der Waals surface area contributed by atoms with Crippen LogP contribution in [0.3, 0.4) is 0 Å². The fourth-order valence-corrected chi connectivity index (χ4v) is 3.52. The molecule has 1 aliphatic carbocycles. The van der Waals surface area contributed by atoms with Gasteiger partial charge < -0.3 is 0 Å². The van der Waals surface area contributed by atoms with Crippen molar-refractivity contribution in [1.82, 2.24) is 0 Å². The lowest BCUT2D eigenvalue weighted by atomic mass is 9.51. The van der Waals surface area contributed by atoms with E-state index in [1.54, 1.807) is 0 Å². The second kappa shape index (κ2) is 3.40. The third-order valence-corrected chi connectivity index (χ3v) is 3.27. The Bertz CT molecular complexity index is 128. The van der Waals surface area contributed by atoms with Gasteiger partial charge in [0.1, 0.15) is 0 Å². The lowest BCUT2D eigenvalue weighted by molar-refractivity contribution is -0.0283. The minimum atomic E-state index is 0.657. The normalized spacial score (nSPS) is 25.0. The summed E-state index contributed by atoms with van der Waals surface area (Å²) in [4.78, 5) is 0. The van der Waals surface area contributed by atoms with Gasteiger partial charge in [0.15, 0.2) is 0 Å². The van der Waals surface area contributed by atoms with Crippen LogP contribution in [0.25, 0.3) is 0 Å². The molecule has 0 aromatic rings. The lowest BCUT2D eigenvalue weighted by Crippen LogP contribution is -2.42. The molecule has 0 heterocycles. The molecule has 0 amide bonds. The standard InChI is InChI=1S/C12H24/c1-5-7-12(8-6-2)9-11(3,4)10-12/h5-10H2,1-4H3. The van der Waals surface area contributed by atoms with Gasteiger partial charge in [-0.25, -0.2) is 0 Å². The molecule has 0 radical (unpaired) electrons. The number of hydrogen-bond acceptors (Lipinski definition) is 0. The fraction of sp³-hybridized carbons (Fsp3) is 1.00. The molecule has 0 saturated heterocycles. The van der Waals surface area contributed by atoms with E-state index in [1.165, 1.54) is 38.5 Å². The maximum Gasteiger partial charge on any atom is -0.0288 e. The molecule has 0 aromatic carbocycles. The van der Waals surface area contributed by atoms with Crippen molar-refractivity contribution in [3.63, 3.8) is 0 Å². The largest absolute Gasteiger partial charge is 0.0654 e. The Kier molecular flexibility index (Phi) is 2.85. The van der Waals surface area contributed by atoms with E-state index in [-0.39, 0.29) is 0 Å². The number of hydrogen-bond donors (Lipinski definition) is 0. The van der Waals surface area contributed by atoms with Crippen molar-refractivity contribution in [2.75, 3.05) is 0 Å². The average molecular weight is 168 g/mol. The average Bonchev–Trinajstić information content (AvgIpc) is 1.83. The third-order valence-electron chi connectivity index (χ3n) is 3.27. The highest BCUT2D eigenvalue weighted by Gasteiger charge is 2.47. The molecule has 72 valence electrons. The van der Waals surface area contributed by atoms with E-state index in [2.05, 4.69) is 27.7 Å². The van der Waals surface area contributed by atoms with E-state index in [4.69, 9.17) is 0 Å². The topological polar surface area (TPSA) is 0 Å². The minimum Gasteiger partial charge on any atom is -0.0654 e. The van der Waals surface area contributed by atoms with Crippen LogP contribution >= 0.6 is 0 Å². The predicted molar refractivity (Wildman–Crippen MR) is 55.3 cm³/mol. The van der Waals surface area contributed by atoms with Crippen LogP contribution in [0.5, 0.6) is 0 Å². The first-order valence-electron chi connectivity index (χ1n) is 5.54. The summed E-state index contributed by atoms with van der Waals surface area (Å²) in [6, 6.07) is 0. The van der Waals surface area contributed by atoms with Gasteiger partial charge in [0.05, 0.1) is 0 Å². The SMILES string of the molecule is CCCC1(CCC)CC(C)(C)C1. The highest BCUT2D eigenvalue weighted by Crippen LogP contribution is 2.58. The van der Waals surface area contributed by atoms with Gasteiger partial charge in [-0.2, -0.15) is 0 Å². The molecule has 0 heteroatoms. The van der Waals surface area contributed by atoms with Crippen LogP contribution in [0, 0.1) is 10.8 Å². The van der Waals surface area contributed by atoms with Crippen LogP contribution in [0.1, 0.15) is 66.2 Å². The van der Waals surface area contributed by atoms with Crippen molar-refractivity contribution in [2.45, 2.75) is 66.2 Å². The third kappa shape index (κ3) is 2.02. The quantitative estimate of drug-likeness (QED) is 0.584. The molecule has 1 fully saturated rings. The van der Waals surface area contributed by atoms with Crippen LogP contribution < -0.4 is 0 Å². The van der Waals surface area contributed by atoms with Crippen molar-refractivity contribution in [3.05, 3.63) is 0 Å². The van der Waals surface area contributed by atoms with Gasteiger partial charge in [-0.05, 0) is 36.5 Å². The molecule has 0 unspecified atom stereocenters. The Balaban J connectivity index is 2.43. The zero-order valence-electron chi connectivity index (χ0n) is 9.24. The molecule has 1 saturated carbocycles. The lowest BCUT2D eigenvalue weighted by Gasteiger charge is -2.54. The maximum atomic E-state index is 2.41. The molecule has 1 rings (SSSR count). The summed E-state index contributed by atoms with van der Waals surface area (Å²) < 4.78 is 0. The maximum absolute atomic E-state index is 2.41. The molecule has 12 heavy (non-hydrogen) atoms. The smallest absolute Gasteiger partial charge is 0.0288 e. The van der Waals surface area contributed by atoms with Crippen molar-refractivity contribution in [1.29, 1.82) is 0 Å². The Morgan fingerprint density at radius 2 is 1.33 bits per heavy atom. The first-order chi connectivity index (χ1) is 5.54. The first-order valence-corrected chi connectivity index (χ1v) is 5.54. The molecule has 0 bridgehead atoms. The van der Waals surface area contributed by atoms with Gasteiger partial charge >= 0.3 is 0 Å². The van der Waals surface area contributed by atoms with Crippen LogP contribution in [-0.2, 0) is 0 Å². The molecule has 1 aliphatic rings. The van der Waals surface area contributed by atoms with E-state index in [0.717, 1.165) is 5.41 Å². The van der Waals surface area contributed by atoms with Gasteiger partial charge in [-0.1, -0.05) is 40.5 Å². The van der Waals surface area contributed by atoms with E-state index in [0.29, 0.717) is 5.41 Å². The highest BCUT2D eigenvalue weighted by atomic mass is 14.5. The van der Waals surface area contributed by atoms with Gasteiger partial charge in [0, 0.05) is 0 Å². The van der Waals surface area contributed by atoms with Gasteiger partial charge in [0.2, 0.25) is 0 Å². The molecular formula is C12H24. The summed E-state index contributed by atoms with van der Waals surface area (Å²) in [6.07, 6.45) is 8.62. The van der Waals surface area contributed by atoms with Crippen molar-refractivity contribution in [3.8, 4) is 0 Å². The summed E-state index contributed by atoms with van der Waals surface area (Å²) in [5, 5.41) is 0. The second-order valence-corrected chi connectivity index (χ2v) is 5.52. The van der Waals surface area contributed by atoms with E-state index >= 15 is 0 Å². The summed E-state index contributed by atoms with van der Waals surface area (Å²) in [5.74, 6) is 0. The van der Waals surface area contributed by atoms with Crippen molar-refractivity contribution < 1.29 is 0 Å². The molecular weight excluding hydrogens is 144 g/mol. The van der Waals surface area contributed by atoms with Crippen LogP contribution in [0.2, 0.25) is 0 Å². The fourth-order valence-electron chi connectivity index (χ4n) is 3.52. The second-order valence-electron chi connectivity index (χ2n) is 5.52. The summed E-state index contributed by atoms with van der Waals surface area (Å²) in [7, 11) is 0. The molecule has 0 aliphatic heterocycles. The minimum absolute atomic E-state index is 0.657. The molecule has 0 spiro atoms. The number of rotatable bonds is 4. The molecule has 0 aromatic heterocycles. The monoisotopic (exact) mass is 168 g/mol. The zero-order valence-corrected chi connectivity index (χ0v) is 9.24. The zero-order chi connectivity index (χ0) is 9.24. The summed E-state index contributed by atoms with van der Waals surface area (Å²) in [5.41, 5.74) is 1.41. The Labute approximate surface area is 77.7 Å². The van der Waals surface area contributed by atoms with E-state index in [1.807, 2.05) is 0 Å². The van der Waals surface area contributed by atoms with Gasteiger partial charge in [0.25, 0.3) is 0 Å². The predicted octanol–water partition coefficient (Wildman–Crippen LogP) is 4.39. The van der Waals surface area contributed by atoms with Crippen LogP contribution in [-0.4, -0.2) is 0 Å².